The molecule has 0 unspecified atom stereocenters. The summed E-state index contributed by atoms with van der Waals surface area (Å²) in [4.78, 5) is 62.5. The highest BCUT2D eigenvalue weighted by Crippen LogP contribution is 2.44. The number of carbonyl (C=O) groups is 4. The maximum Gasteiger partial charge on any atom is 0.407 e. The van der Waals surface area contributed by atoms with Crippen LogP contribution in [0.4, 0.5) is 50.5 Å². The Morgan fingerprint density at radius 3 is 1.90 bits per heavy atom. The van der Waals surface area contributed by atoms with Gasteiger partial charge in [0.05, 0.1) is 56.5 Å². The van der Waals surface area contributed by atoms with Crippen molar-refractivity contribution in [3.63, 3.8) is 0 Å². The zero-order chi connectivity index (χ0) is 58.1. The number of fused-ring (bicyclic) bond motifs is 2. The number of pyridine rings is 1. The number of nitrogens with zero attached hydrogens (tertiary/aromatic N) is 6. The lowest BCUT2D eigenvalue weighted by Gasteiger charge is -2.42. The number of anilines is 1. The minimum atomic E-state index is -5.18. The third-order valence-corrected chi connectivity index (χ3v) is 16.2. The van der Waals surface area contributed by atoms with E-state index in [1.54, 1.807) is 18.3 Å². The Kier molecular flexibility index (Phi) is 17.6. The number of aromatic nitrogens is 3. The zero-order valence-electron chi connectivity index (χ0n) is 44.3. The van der Waals surface area contributed by atoms with Crippen molar-refractivity contribution < 1.29 is 73.6 Å². The molecule has 8 rings (SSSR count). The summed E-state index contributed by atoms with van der Waals surface area (Å²) >= 11 is 1.12. The number of halogens is 8. The number of methoxy groups -OCH3 is 2. The minimum Gasteiger partial charge on any atom is -0.453 e. The number of carbonyl (C=O) groups excluding carboxylic acids is 4. The lowest BCUT2D eigenvalue weighted by atomic mass is 9.82. The molecule has 1 aliphatic carbocycles. The summed E-state index contributed by atoms with van der Waals surface area (Å²) in [7, 11) is 1.67. The Morgan fingerprint density at radius 2 is 1.39 bits per heavy atom. The molecule has 5 heterocycles. The van der Waals surface area contributed by atoms with Crippen molar-refractivity contribution in [2.45, 2.75) is 121 Å². The molecular formula is C53H60F8N10O8S. The van der Waals surface area contributed by atoms with Crippen LogP contribution in [0.5, 0.6) is 0 Å². The zero-order valence-corrected chi connectivity index (χ0v) is 45.1. The van der Waals surface area contributed by atoms with Gasteiger partial charge in [-0.1, -0.05) is 35.3 Å². The quantitative estimate of drug-likeness (QED) is 0.0393. The average molecular weight is 1150 g/mol. The van der Waals surface area contributed by atoms with Crippen LogP contribution < -0.4 is 26.3 Å². The van der Waals surface area contributed by atoms with E-state index < -0.39 is 108 Å². The van der Waals surface area contributed by atoms with Gasteiger partial charge in [-0.05, 0) is 95.3 Å². The molecule has 2 bridgehead atoms. The van der Waals surface area contributed by atoms with Gasteiger partial charge in [0.2, 0.25) is 5.91 Å². The van der Waals surface area contributed by atoms with Crippen LogP contribution >= 0.6 is 11.3 Å². The monoisotopic (exact) mass is 1150 g/mol. The molecule has 2 aromatic carbocycles. The maximum atomic E-state index is 16.2. The third kappa shape index (κ3) is 13.4. The Morgan fingerprint density at radius 1 is 0.800 bits per heavy atom. The number of hydrogen-bond donors (Lipinski definition) is 5. The number of aliphatic hydroxyl groups is 1. The molecule has 27 heteroatoms. The number of alkyl halides is 6. The standard InChI is InChI=1S/C53H60F8N10O8S/c1-50(2,52(56,57)58)42(64-48(75)77-5)44(73)63-39(17-29-10-7-28(8-11-29)9-12-30-13-16-41(62-21-30)71-23-33-20-34(71)22-70(33)35-26-79-27-35)40(72)25-69(68-45(74)43(65-49(76)78-6)51(3,4)53(59,60)61)24-36-37(54)18-32(19-38(36)55)47-67-66-46(80-47)31-14-15-31/h7-8,10-11,13,16,18-19,21,31,33-35,39-40,42-43,72H,14-15,17,20,22-27H2,1-6H3,(H,63,73)(H,64,75)(H,65,76)(H,68,74)/t33-,34-,39+,40+,42-,43-/m1/s1. The van der Waals surface area contributed by atoms with E-state index in [1.165, 1.54) is 12.1 Å². The summed E-state index contributed by atoms with van der Waals surface area (Å²) in [6.07, 6.45) is -11.3. The summed E-state index contributed by atoms with van der Waals surface area (Å²) in [6.45, 7) is 3.69. The van der Waals surface area contributed by atoms with E-state index in [1.807, 2.05) is 22.8 Å². The van der Waals surface area contributed by atoms with Crippen LogP contribution in [-0.4, -0.2) is 156 Å². The van der Waals surface area contributed by atoms with Crippen LogP contribution in [0, 0.1) is 34.3 Å². The predicted molar refractivity (Wildman–Crippen MR) is 273 cm³/mol. The molecule has 0 radical (unpaired) electrons. The molecule has 3 saturated heterocycles. The van der Waals surface area contributed by atoms with Crippen molar-refractivity contribution in [2.24, 2.45) is 10.8 Å². The van der Waals surface area contributed by atoms with Gasteiger partial charge in [-0.25, -0.2) is 28.4 Å². The van der Waals surface area contributed by atoms with Gasteiger partial charge in [0.25, 0.3) is 5.91 Å². The van der Waals surface area contributed by atoms with Gasteiger partial charge in [-0.15, -0.1) is 10.2 Å². The second kappa shape index (κ2) is 23.8. The molecule has 80 heavy (non-hydrogen) atoms. The second-order valence-electron chi connectivity index (χ2n) is 21.4. The highest BCUT2D eigenvalue weighted by atomic mass is 32.1. The summed E-state index contributed by atoms with van der Waals surface area (Å²) in [5, 5.41) is 27.8. The highest BCUT2D eigenvalue weighted by Gasteiger charge is 2.57. The van der Waals surface area contributed by atoms with Crippen molar-refractivity contribution in [1.29, 1.82) is 0 Å². The average Bonchev–Trinajstić information content (AvgIpc) is 3.92. The van der Waals surface area contributed by atoms with Crippen LogP contribution in [0.2, 0.25) is 0 Å². The number of ether oxygens (including phenoxy) is 3. The number of rotatable bonds is 19. The number of alkyl carbamates (subject to hydrolysis) is 2. The number of hydrazine groups is 1. The molecule has 4 aliphatic rings. The summed E-state index contributed by atoms with van der Waals surface area (Å²) in [5.74, 6) is 1.52. The van der Waals surface area contributed by atoms with E-state index >= 15 is 8.78 Å². The fourth-order valence-electron chi connectivity index (χ4n) is 9.61. The molecule has 4 amide bonds. The largest absolute Gasteiger partial charge is 0.453 e. The lowest BCUT2D eigenvalue weighted by Crippen LogP contribution is -2.63. The first-order valence-corrected chi connectivity index (χ1v) is 26.3. The molecule has 18 nitrogen and oxygen atoms in total. The summed E-state index contributed by atoms with van der Waals surface area (Å²) < 4.78 is 134. The molecular weight excluding hydrogens is 1090 g/mol. The number of likely N-dealkylation sites (tertiary alicyclic amines) is 1. The van der Waals surface area contributed by atoms with Gasteiger partial charge in [-0.3, -0.25) is 19.9 Å². The predicted octanol–water partition coefficient (Wildman–Crippen LogP) is 6.37. The first kappa shape index (κ1) is 59.4. The Bertz CT molecular complexity index is 2940. The van der Waals surface area contributed by atoms with Crippen LogP contribution in [0.3, 0.4) is 0 Å². The Balaban J connectivity index is 1.07. The van der Waals surface area contributed by atoms with Gasteiger partial charge < -0.3 is 40.2 Å². The number of aliphatic hydroxyl groups excluding tert-OH is 1. The van der Waals surface area contributed by atoms with E-state index in [-0.39, 0.29) is 16.5 Å². The summed E-state index contributed by atoms with van der Waals surface area (Å²) in [6, 6.07) is 6.44. The van der Waals surface area contributed by atoms with Crippen LogP contribution in [0.25, 0.3) is 10.6 Å². The fraction of sp³-hybridized carbons (Fsp3) is 0.528. The second-order valence-corrected chi connectivity index (χ2v) is 22.4. The molecule has 4 fully saturated rings. The van der Waals surface area contributed by atoms with Crippen molar-refractivity contribution in [1.82, 2.24) is 46.5 Å². The highest BCUT2D eigenvalue weighted by molar-refractivity contribution is 7.14. The number of hydrogen-bond acceptors (Lipinski definition) is 15. The molecule has 5 N–H and O–H groups in total. The molecule has 1 saturated carbocycles. The molecule has 2 aromatic heterocycles. The fourth-order valence-corrected chi connectivity index (χ4v) is 10.6. The third-order valence-electron chi connectivity index (χ3n) is 15.1. The van der Waals surface area contributed by atoms with Crippen molar-refractivity contribution in [3.8, 4) is 22.4 Å². The molecule has 6 atom stereocenters. The van der Waals surface area contributed by atoms with E-state index in [4.69, 9.17) is 4.74 Å². The number of piperazine rings is 1. The number of nitrogens with one attached hydrogen (secondary N) is 4. The molecule has 0 spiro atoms. The van der Waals surface area contributed by atoms with Crippen LogP contribution in [-0.2, 0) is 36.8 Å². The SMILES string of the molecule is COC(=O)N[C@H](C(=O)N[C@@H](Cc1ccc(C#Cc2ccc(N3C[C@H]4C[C@@H]3CN4C3COC3)nc2)cc1)[C@@H](O)CN(Cc1c(F)cc(-c2nnc(C3CC3)s2)cc1F)NC(=O)[C@@H](NC(=O)OC)C(C)(C)C(F)(F)F)C(C)(C)C(F)(F)F. The first-order chi connectivity index (χ1) is 37.7. The van der Waals surface area contributed by atoms with Gasteiger partial charge in [0, 0.05) is 72.6 Å². The smallest absolute Gasteiger partial charge is 0.407 e. The van der Waals surface area contributed by atoms with E-state index in [2.05, 4.69) is 57.0 Å². The van der Waals surface area contributed by atoms with Crippen molar-refractivity contribution >= 4 is 41.2 Å². The topological polar surface area (TPSA) is 213 Å². The van der Waals surface area contributed by atoms with Crippen molar-refractivity contribution in [3.05, 3.63) is 93.6 Å². The Hall–Kier alpha value is -6.73. The van der Waals surface area contributed by atoms with Gasteiger partial charge >= 0.3 is 24.5 Å². The van der Waals surface area contributed by atoms with Crippen molar-refractivity contribution in [2.75, 3.05) is 52.0 Å². The normalized spacial score (nSPS) is 19.3. The van der Waals surface area contributed by atoms with E-state index in [9.17, 15) is 50.6 Å². The van der Waals surface area contributed by atoms with Gasteiger partial charge in [0.1, 0.15) is 39.6 Å². The van der Waals surface area contributed by atoms with Gasteiger partial charge in [-0.2, -0.15) is 26.3 Å². The lowest BCUT2D eigenvalue weighted by molar-refractivity contribution is -0.221. The molecule has 4 aromatic rings. The van der Waals surface area contributed by atoms with Crippen LogP contribution in [0.15, 0.2) is 54.7 Å². The van der Waals surface area contributed by atoms with E-state index in [0.29, 0.717) is 72.5 Å². The minimum absolute atomic E-state index is 0.0166. The van der Waals surface area contributed by atoms with Crippen LogP contribution in [0.1, 0.15) is 80.1 Å². The molecule has 3 aliphatic heterocycles. The first-order valence-electron chi connectivity index (χ1n) is 25.5. The molecule has 432 valence electrons. The number of benzene rings is 2. The van der Waals surface area contributed by atoms with Gasteiger partial charge in [0.15, 0.2) is 0 Å². The summed E-state index contributed by atoms with van der Waals surface area (Å²) in [5.41, 5.74) is -3.33. The number of amides is 4. The Labute approximate surface area is 459 Å². The van der Waals surface area contributed by atoms with E-state index in [0.717, 1.165) is 89.1 Å². The maximum absolute atomic E-state index is 16.2.